The molecule has 1 saturated carbocycles. The second kappa shape index (κ2) is 5.09. The van der Waals surface area contributed by atoms with Crippen LogP contribution in [0.1, 0.15) is 31.7 Å². The largest absolute Gasteiger partial charge is 0.396 e. The van der Waals surface area contributed by atoms with Gasteiger partial charge < -0.3 is 10.0 Å². The number of aryl methyl sites for hydroxylation is 1. The van der Waals surface area contributed by atoms with Crippen molar-refractivity contribution in [2.45, 2.75) is 32.6 Å². The van der Waals surface area contributed by atoms with Gasteiger partial charge in [0.05, 0.1) is 6.61 Å². The lowest BCUT2D eigenvalue weighted by Gasteiger charge is -2.24. The van der Waals surface area contributed by atoms with Crippen molar-refractivity contribution in [3.05, 3.63) is 29.8 Å². The number of hydrogen-bond donors (Lipinski definition) is 1. The predicted octanol–water partition coefficient (Wildman–Crippen LogP) is 2.85. The van der Waals surface area contributed by atoms with Crippen LogP contribution < -0.4 is 4.90 Å². The fourth-order valence-electron chi connectivity index (χ4n) is 2.34. The summed E-state index contributed by atoms with van der Waals surface area (Å²) in [6.45, 7) is 3.50. The average Bonchev–Trinajstić information content (AvgIpc) is 3.11. The van der Waals surface area contributed by atoms with Crippen LogP contribution in [0.15, 0.2) is 24.3 Å². The molecule has 2 rings (SSSR count). The first-order chi connectivity index (χ1) is 8.19. The predicted molar refractivity (Wildman–Crippen MR) is 72.5 cm³/mol. The Bertz CT molecular complexity index is 354. The Balaban J connectivity index is 1.96. The van der Waals surface area contributed by atoms with Gasteiger partial charge in [-0.25, -0.2) is 0 Å². The van der Waals surface area contributed by atoms with Gasteiger partial charge in [-0.05, 0) is 37.0 Å². The van der Waals surface area contributed by atoms with Crippen molar-refractivity contribution in [1.29, 1.82) is 0 Å². The lowest BCUT2D eigenvalue weighted by molar-refractivity contribution is 0.215. The van der Waals surface area contributed by atoms with Crippen molar-refractivity contribution in [1.82, 2.24) is 0 Å². The third-order valence-corrected chi connectivity index (χ3v) is 3.78. The Morgan fingerprint density at radius 1 is 1.24 bits per heavy atom. The second-order valence-corrected chi connectivity index (χ2v) is 5.43. The molecule has 1 aromatic rings. The maximum atomic E-state index is 9.34. The number of anilines is 1. The minimum atomic E-state index is 0.191. The number of benzene rings is 1. The van der Waals surface area contributed by atoms with Crippen molar-refractivity contribution in [2.24, 2.45) is 5.41 Å². The Morgan fingerprint density at radius 3 is 2.35 bits per heavy atom. The Labute approximate surface area is 104 Å². The Kier molecular flexibility index (Phi) is 3.72. The van der Waals surface area contributed by atoms with Crippen molar-refractivity contribution in [3.8, 4) is 0 Å². The van der Waals surface area contributed by atoms with Crippen LogP contribution >= 0.6 is 0 Å². The number of nitrogens with zero attached hydrogens (tertiary/aromatic N) is 1. The summed E-state index contributed by atoms with van der Waals surface area (Å²) in [5.74, 6) is 0. The monoisotopic (exact) mass is 233 g/mol. The van der Waals surface area contributed by atoms with E-state index in [1.807, 2.05) is 0 Å². The number of aliphatic hydroxyl groups excluding tert-OH is 1. The molecule has 0 aromatic heterocycles. The van der Waals surface area contributed by atoms with E-state index in [1.165, 1.54) is 30.5 Å². The van der Waals surface area contributed by atoms with Crippen LogP contribution in [-0.2, 0) is 6.42 Å². The van der Waals surface area contributed by atoms with Gasteiger partial charge in [-0.2, -0.15) is 0 Å². The van der Waals surface area contributed by atoms with Crippen LogP contribution in [0, 0.1) is 5.41 Å². The van der Waals surface area contributed by atoms with Crippen LogP contribution in [0.2, 0.25) is 0 Å². The van der Waals surface area contributed by atoms with Gasteiger partial charge in [0.2, 0.25) is 0 Å². The molecule has 1 aliphatic carbocycles. The first-order valence-corrected chi connectivity index (χ1v) is 6.60. The molecule has 94 valence electrons. The van der Waals surface area contributed by atoms with E-state index in [0.29, 0.717) is 6.61 Å². The Hall–Kier alpha value is -1.02. The van der Waals surface area contributed by atoms with E-state index in [0.717, 1.165) is 13.0 Å². The van der Waals surface area contributed by atoms with E-state index in [1.54, 1.807) is 0 Å². The molecule has 17 heavy (non-hydrogen) atoms. The van der Waals surface area contributed by atoms with E-state index < -0.39 is 0 Å². The van der Waals surface area contributed by atoms with Gasteiger partial charge in [-0.3, -0.25) is 0 Å². The van der Waals surface area contributed by atoms with E-state index in [9.17, 15) is 5.11 Å². The quantitative estimate of drug-likeness (QED) is 0.816. The van der Waals surface area contributed by atoms with Crippen LogP contribution in [0.5, 0.6) is 0 Å². The smallest absolute Gasteiger partial charge is 0.0504 e. The fraction of sp³-hybridized carbons (Fsp3) is 0.600. The van der Waals surface area contributed by atoms with Gasteiger partial charge in [-0.15, -0.1) is 0 Å². The summed E-state index contributed by atoms with van der Waals surface area (Å²) < 4.78 is 0. The molecule has 0 atom stereocenters. The van der Waals surface area contributed by atoms with E-state index in [4.69, 9.17) is 0 Å². The van der Waals surface area contributed by atoms with E-state index in [-0.39, 0.29) is 5.41 Å². The summed E-state index contributed by atoms with van der Waals surface area (Å²) in [6, 6.07) is 8.82. The van der Waals surface area contributed by atoms with Gasteiger partial charge in [0, 0.05) is 24.7 Å². The molecule has 1 aliphatic rings. The SMILES string of the molecule is CCCc1ccc(N(C)CC2(CO)CC2)cc1. The van der Waals surface area contributed by atoms with E-state index >= 15 is 0 Å². The molecule has 0 unspecified atom stereocenters. The third-order valence-electron chi connectivity index (χ3n) is 3.78. The average molecular weight is 233 g/mol. The highest BCUT2D eigenvalue weighted by atomic mass is 16.3. The lowest BCUT2D eigenvalue weighted by Crippen LogP contribution is -2.28. The van der Waals surface area contributed by atoms with Gasteiger partial charge in [0.15, 0.2) is 0 Å². The molecule has 1 aromatic carbocycles. The normalized spacial score (nSPS) is 16.9. The van der Waals surface area contributed by atoms with Gasteiger partial charge in [-0.1, -0.05) is 25.5 Å². The highest BCUT2D eigenvalue weighted by molar-refractivity contribution is 5.47. The van der Waals surface area contributed by atoms with Crippen molar-refractivity contribution in [2.75, 3.05) is 25.1 Å². The van der Waals surface area contributed by atoms with Gasteiger partial charge in [0.25, 0.3) is 0 Å². The Morgan fingerprint density at radius 2 is 1.88 bits per heavy atom. The van der Waals surface area contributed by atoms with Crippen LogP contribution in [-0.4, -0.2) is 25.3 Å². The molecule has 2 nitrogen and oxygen atoms in total. The summed E-state index contributed by atoms with van der Waals surface area (Å²) in [7, 11) is 2.12. The summed E-state index contributed by atoms with van der Waals surface area (Å²) in [4.78, 5) is 2.26. The topological polar surface area (TPSA) is 23.5 Å². The summed E-state index contributed by atoms with van der Waals surface area (Å²) in [6.07, 6.45) is 4.69. The molecule has 1 N–H and O–H groups in total. The molecular formula is C15H23NO. The minimum absolute atomic E-state index is 0.191. The highest BCUT2D eigenvalue weighted by Crippen LogP contribution is 2.45. The molecular weight excluding hydrogens is 210 g/mol. The summed E-state index contributed by atoms with van der Waals surface area (Å²) in [5.41, 5.74) is 2.86. The molecule has 0 bridgehead atoms. The second-order valence-electron chi connectivity index (χ2n) is 5.43. The number of rotatable bonds is 6. The number of hydrogen-bond acceptors (Lipinski definition) is 2. The lowest BCUT2D eigenvalue weighted by atomic mass is 10.1. The van der Waals surface area contributed by atoms with Crippen molar-refractivity contribution in [3.63, 3.8) is 0 Å². The molecule has 0 heterocycles. The van der Waals surface area contributed by atoms with E-state index in [2.05, 4.69) is 43.1 Å². The highest BCUT2D eigenvalue weighted by Gasteiger charge is 2.42. The number of aliphatic hydroxyl groups is 1. The van der Waals surface area contributed by atoms with Crippen LogP contribution in [0.4, 0.5) is 5.69 Å². The maximum Gasteiger partial charge on any atom is 0.0504 e. The third kappa shape index (κ3) is 3.01. The fourth-order valence-corrected chi connectivity index (χ4v) is 2.34. The zero-order valence-electron chi connectivity index (χ0n) is 10.9. The zero-order valence-corrected chi connectivity index (χ0v) is 10.9. The van der Waals surface area contributed by atoms with Crippen molar-refractivity contribution >= 4 is 5.69 Å². The zero-order chi connectivity index (χ0) is 12.3. The first kappa shape index (κ1) is 12.4. The van der Waals surface area contributed by atoms with Gasteiger partial charge >= 0.3 is 0 Å². The van der Waals surface area contributed by atoms with Gasteiger partial charge in [0.1, 0.15) is 0 Å². The molecule has 0 saturated heterocycles. The summed E-state index contributed by atoms with van der Waals surface area (Å²) in [5, 5.41) is 9.34. The maximum absolute atomic E-state index is 9.34. The molecule has 2 heteroatoms. The summed E-state index contributed by atoms with van der Waals surface area (Å²) >= 11 is 0. The first-order valence-electron chi connectivity index (χ1n) is 6.60. The van der Waals surface area contributed by atoms with Crippen LogP contribution in [0.25, 0.3) is 0 Å². The van der Waals surface area contributed by atoms with Crippen LogP contribution in [0.3, 0.4) is 0 Å². The molecule has 0 radical (unpaired) electrons. The minimum Gasteiger partial charge on any atom is -0.396 e. The standard InChI is InChI=1S/C15H23NO/c1-3-4-13-5-7-14(8-6-13)16(2)11-15(12-17)9-10-15/h5-8,17H,3-4,9-12H2,1-2H3. The van der Waals surface area contributed by atoms with Crippen molar-refractivity contribution < 1.29 is 5.11 Å². The molecule has 1 fully saturated rings. The molecule has 0 amide bonds. The molecule has 0 aliphatic heterocycles. The molecule has 0 spiro atoms.